The second-order valence-electron chi connectivity index (χ2n) is 1.06. The normalized spacial score (nSPS) is 14.2. The number of alkyl halides is 3. The Morgan fingerprint density at radius 2 is 1.78 bits per heavy atom. The van der Waals surface area contributed by atoms with Gasteiger partial charge in [-0.3, -0.25) is 4.21 Å². The first-order valence-corrected chi connectivity index (χ1v) is 2.79. The van der Waals surface area contributed by atoms with Crippen LogP contribution >= 0.6 is 0 Å². The quantitative estimate of drug-likeness (QED) is 0.320. The summed E-state index contributed by atoms with van der Waals surface area (Å²) in [5.74, 6) is -1.76. The minimum Gasteiger partial charge on any atom is -0.772 e. The standard InChI is InChI=1S/C2H3F3O2S.Na/c3-2(4,5)1-8(6)7;/h1H2,(H,6,7);/q;+1/p-1. The van der Waals surface area contributed by atoms with E-state index >= 15 is 0 Å². The van der Waals surface area contributed by atoms with Crippen LogP contribution in [0.5, 0.6) is 0 Å². The Balaban J connectivity index is 0. The van der Waals surface area contributed by atoms with E-state index < -0.39 is 23.0 Å². The van der Waals surface area contributed by atoms with Crippen LogP contribution in [-0.2, 0) is 11.1 Å². The molecule has 0 fully saturated rings. The molecule has 1 unspecified atom stereocenters. The molecule has 0 rings (SSSR count). The molecule has 0 aromatic heterocycles. The van der Waals surface area contributed by atoms with Gasteiger partial charge in [-0.05, 0) is 11.1 Å². The van der Waals surface area contributed by atoms with E-state index in [-0.39, 0.29) is 29.6 Å². The third kappa shape index (κ3) is 12.2. The van der Waals surface area contributed by atoms with Crippen molar-refractivity contribution in [3.8, 4) is 0 Å². The fraction of sp³-hybridized carbons (Fsp3) is 1.00. The van der Waals surface area contributed by atoms with Crippen molar-refractivity contribution < 1.29 is 51.5 Å². The first-order chi connectivity index (χ1) is 3.42. The van der Waals surface area contributed by atoms with Crippen molar-refractivity contribution in [2.24, 2.45) is 0 Å². The SMILES string of the molecule is O=S([O-])CC(F)(F)F.[Na+]. The van der Waals surface area contributed by atoms with Crippen LogP contribution in [-0.4, -0.2) is 20.7 Å². The van der Waals surface area contributed by atoms with Gasteiger partial charge in [-0.1, -0.05) is 0 Å². The summed E-state index contributed by atoms with van der Waals surface area (Å²) in [6, 6.07) is 0. The summed E-state index contributed by atoms with van der Waals surface area (Å²) in [6.45, 7) is 0. The summed E-state index contributed by atoms with van der Waals surface area (Å²) < 4.78 is 51.3. The van der Waals surface area contributed by atoms with E-state index in [1.54, 1.807) is 0 Å². The molecular weight excluding hydrogens is 168 g/mol. The maximum absolute atomic E-state index is 10.9. The summed E-state index contributed by atoms with van der Waals surface area (Å²) in [6.07, 6.45) is -4.59. The smallest absolute Gasteiger partial charge is 0.772 e. The molecule has 0 aromatic carbocycles. The summed E-state index contributed by atoms with van der Waals surface area (Å²) >= 11 is -3.01. The van der Waals surface area contributed by atoms with Crippen molar-refractivity contribution in [3.05, 3.63) is 0 Å². The monoisotopic (exact) mass is 170 g/mol. The number of rotatable bonds is 1. The Labute approximate surface area is 74.4 Å². The molecule has 0 bridgehead atoms. The Morgan fingerprint density at radius 1 is 1.44 bits per heavy atom. The molecular formula is C2H2F3NaO2S. The van der Waals surface area contributed by atoms with Gasteiger partial charge in [-0.25, -0.2) is 0 Å². The molecule has 0 spiro atoms. The summed E-state index contributed by atoms with van der Waals surface area (Å²) in [4.78, 5) is 0. The van der Waals surface area contributed by atoms with Gasteiger partial charge in [0.05, 0.1) is 0 Å². The van der Waals surface area contributed by atoms with Crippen LogP contribution in [0, 0.1) is 0 Å². The summed E-state index contributed by atoms with van der Waals surface area (Å²) in [5, 5.41) is 0. The van der Waals surface area contributed by atoms with Crippen LogP contribution in [0.25, 0.3) is 0 Å². The van der Waals surface area contributed by atoms with Gasteiger partial charge in [0, 0.05) is 0 Å². The Bertz CT molecular complexity index is 102. The molecule has 1 atom stereocenters. The minimum atomic E-state index is -4.59. The van der Waals surface area contributed by atoms with E-state index in [2.05, 4.69) is 0 Å². The van der Waals surface area contributed by atoms with E-state index in [0.717, 1.165) is 0 Å². The first kappa shape index (κ1) is 12.6. The molecule has 7 heteroatoms. The fourth-order valence-corrected chi connectivity index (χ4v) is 0.401. The maximum Gasteiger partial charge on any atom is 1.00 e. The predicted octanol–water partition coefficient (Wildman–Crippen LogP) is -2.57. The van der Waals surface area contributed by atoms with Crippen molar-refractivity contribution in [1.29, 1.82) is 0 Å². The average molecular weight is 170 g/mol. The van der Waals surface area contributed by atoms with E-state index in [1.807, 2.05) is 0 Å². The Kier molecular flexibility index (Phi) is 6.53. The zero-order valence-electron chi connectivity index (χ0n) is 4.57. The van der Waals surface area contributed by atoms with E-state index in [9.17, 15) is 21.9 Å². The molecule has 50 valence electrons. The Morgan fingerprint density at radius 3 is 1.78 bits per heavy atom. The van der Waals surface area contributed by atoms with Crippen LogP contribution in [0.15, 0.2) is 0 Å². The third-order valence-corrected chi connectivity index (χ3v) is 0.845. The molecule has 0 aliphatic rings. The van der Waals surface area contributed by atoms with Gasteiger partial charge in [0.25, 0.3) is 0 Å². The molecule has 0 heterocycles. The van der Waals surface area contributed by atoms with E-state index in [4.69, 9.17) is 0 Å². The number of hydrogen-bond donors (Lipinski definition) is 0. The molecule has 0 N–H and O–H groups in total. The van der Waals surface area contributed by atoms with Gasteiger partial charge in [-0.2, -0.15) is 13.2 Å². The number of hydrogen-bond acceptors (Lipinski definition) is 2. The summed E-state index contributed by atoms with van der Waals surface area (Å²) in [5.41, 5.74) is 0. The van der Waals surface area contributed by atoms with Gasteiger partial charge >= 0.3 is 35.7 Å². The second kappa shape index (κ2) is 4.68. The number of halogens is 3. The molecule has 0 aromatic rings. The minimum absolute atomic E-state index is 0. The van der Waals surface area contributed by atoms with Crippen molar-refractivity contribution in [1.82, 2.24) is 0 Å². The summed E-state index contributed by atoms with van der Waals surface area (Å²) in [7, 11) is 0. The van der Waals surface area contributed by atoms with Crippen LogP contribution in [0.2, 0.25) is 0 Å². The molecule has 2 nitrogen and oxygen atoms in total. The molecule has 0 aliphatic carbocycles. The van der Waals surface area contributed by atoms with Gasteiger partial charge in [-0.15, -0.1) is 0 Å². The molecule has 0 saturated heterocycles. The molecule has 0 aliphatic heterocycles. The van der Waals surface area contributed by atoms with Gasteiger partial charge in [0.2, 0.25) is 0 Å². The third-order valence-electron chi connectivity index (χ3n) is 0.282. The average Bonchev–Trinajstić information content (AvgIpc) is 1.21. The van der Waals surface area contributed by atoms with Crippen molar-refractivity contribution in [2.45, 2.75) is 6.18 Å². The molecule has 0 saturated carbocycles. The van der Waals surface area contributed by atoms with Gasteiger partial charge in [0.1, 0.15) is 5.75 Å². The molecule has 0 radical (unpaired) electrons. The van der Waals surface area contributed by atoms with Crippen molar-refractivity contribution in [3.63, 3.8) is 0 Å². The molecule has 0 amide bonds. The zero-order chi connectivity index (χ0) is 6.78. The van der Waals surface area contributed by atoms with Crippen LogP contribution in [0.3, 0.4) is 0 Å². The van der Waals surface area contributed by atoms with Crippen LogP contribution in [0.1, 0.15) is 0 Å². The van der Waals surface area contributed by atoms with E-state index in [1.165, 1.54) is 0 Å². The van der Waals surface area contributed by atoms with E-state index in [0.29, 0.717) is 0 Å². The Hall–Kier alpha value is 0.900. The van der Waals surface area contributed by atoms with Crippen molar-refractivity contribution in [2.75, 3.05) is 5.75 Å². The zero-order valence-corrected chi connectivity index (χ0v) is 7.38. The van der Waals surface area contributed by atoms with Gasteiger partial charge in [0.15, 0.2) is 0 Å². The van der Waals surface area contributed by atoms with Crippen molar-refractivity contribution >= 4 is 11.1 Å². The maximum atomic E-state index is 10.9. The fourth-order valence-electron chi connectivity index (χ4n) is 0.134. The van der Waals surface area contributed by atoms with Crippen LogP contribution < -0.4 is 29.6 Å². The second-order valence-corrected chi connectivity index (χ2v) is 1.96. The first-order valence-electron chi connectivity index (χ1n) is 1.54. The molecule has 9 heavy (non-hydrogen) atoms. The van der Waals surface area contributed by atoms with Gasteiger partial charge < -0.3 is 4.55 Å². The topological polar surface area (TPSA) is 40.1 Å². The van der Waals surface area contributed by atoms with Crippen LogP contribution in [0.4, 0.5) is 13.2 Å². The largest absolute Gasteiger partial charge is 1.00 e. The predicted molar refractivity (Wildman–Crippen MR) is 19.8 cm³/mol.